The van der Waals surface area contributed by atoms with Gasteiger partial charge in [0.15, 0.2) is 11.5 Å². The first-order valence-electron chi connectivity index (χ1n) is 11.9. The second-order valence-corrected chi connectivity index (χ2v) is 9.89. The van der Waals surface area contributed by atoms with E-state index in [0.717, 1.165) is 6.07 Å². The number of fused-ring (bicyclic) bond motifs is 3. The fourth-order valence-electron chi connectivity index (χ4n) is 5.64. The Labute approximate surface area is 219 Å². The maximum atomic E-state index is 13.8. The Hall–Kier alpha value is -4.59. The van der Waals surface area contributed by atoms with Gasteiger partial charge < -0.3 is 34.6 Å². The van der Waals surface area contributed by atoms with Crippen LogP contribution in [0.4, 0.5) is 0 Å². The van der Waals surface area contributed by atoms with E-state index in [1.807, 2.05) is 13.8 Å². The van der Waals surface area contributed by atoms with Crippen molar-refractivity contribution in [3.05, 3.63) is 64.2 Å². The highest BCUT2D eigenvalue weighted by Gasteiger charge is 2.41. The summed E-state index contributed by atoms with van der Waals surface area (Å²) in [6.45, 7) is 5.46. The molecule has 4 aromatic carbocycles. The molecule has 5 rings (SSSR count). The zero-order valence-corrected chi connectivity index (χ0v) is 21.9. The van der Waals surface area contributed by atoms with Gasteiger partial charge in [-0.25, -0.2) is 0 Å². The Morgan fingerprint density at radius 1 is 0.737 bits per heavy atom. The molecule has 0 aliphatic heterocycles. The summed E-state index contributed by atoms with van der Waals surface area (Å²) in [6, 6.07) is 9.20. The first-order chi connectivity index (χ1) is 18.0. The molecule has 0 saturated carbocycles. The topological polar surface area (TPSA) is 126 Å². The monoisotopic (exact) mass is 516 g/mol. The molecular weight excluding hydrogens is 488 g/mol. The smallest absolute Gasteiger partial charge is 0.201 e. The molecule has 4 aromatic rings. The number of carbonyl (C=O) groups is 1. The highest BCUT2D eigenvalue weighted by Crippen LogP contribution is 2.53. The fraction of sp³-hybridized carbons (Fsp3) is 0.233. The van der Waals surface area contributed by atoms with E-state index in [1.165, 1.54) is 33.5 Å². The van der Waals surface area contributed by atoms with Crippen LogP contribution < -0.4 is 14.2 Å². The van der Waals surface area contributed by atoms with Crippen LogP contribution in [0.25, 0.3) is 21.9 Å². The number of hydrogen-bond acceptors (Lipinski definition) is 8. The molecule has 4 N–H and O–H groups in total. The number of phenols is 4. The molecule has 1 aliphatic rings. The van der Waals surface area contributed by atoms with Crippen molar-refractivity contribution in [1.82, 2.24) is 0 Å². The van der Waals surface area contributed by atoms with Gasteiger partial charge in [0.25, 0.3) is 0 Å². The van der Waals surface area contributed by atoms with Crippen LogP contribution >= 0.6 is 0 Å². The molecule has 0 unspecified atom stereocenters. The summed E-state index contributed by atoms with van der Waals surface area (Å²) in [5.74, 6) is -0.295. The molecule has 0 aromatic heterocycles. The number of benzene rings is 4. The number of ketones is 1. The SMILES string of the molecule is COc1cc(-c2c(O)cc(OC)c(OC)c2C)c2c(O)c3c(cc2c1)C(C)(C)c1cc(O)cc(O)c1C3=O. The van der Waals surface area contributed by atoms with Crippen molar-refractivity contribution in [1.29, 1.82) is 0 Å². The Balaban J connectivity index is 1.93. The van der Waals surface area contributed by atoms with Gasteiger partial charge in [-0.3, -0.25) is 4.79 Å². The van der Waals surface area contributed by atoms with Crippen LogP contribution in [0, 0.1) is 6.92 Å². The van der Waals surface area contributed by atoms with Crippen LogP contribution in [-0.2, 0) is 5.41 Å². The Morgan fingerprint density at radius 2 is 1.39 bits per heavy atom. The molecular formula is C30H28O8. The van der Waals surface area contributed by atoms with Gasteiger partial charge in [0, 0.05) is 39.6 Å². The van der Waals surface area contributed by atoms with Gasteiger partial charge in [0.2, 0.25) is 5.78 Å². The number of ether oxygens (including phenoxy) is 3. The predicted octanol–water partition coefficient (Wildman–Crippen LogP) is 5.53. The van der Waals surface area contributed by atoms with E-state index in [0.29, 0.717) is 55.8 Å². The molecule has 0 bridgehead atoms. The minimum Gasteiger partial charge on any atom is -0.508 e. The summed E-state index contributed by atoms with van der Waals surface area (Å²) in [5.41, 5.74) is 1.53. The van der Waals surface area contributed by atoms with Gasteiger partial charge in [0.05, 0.1) is 32.5 Å². The lowest BCUT2D eigenvalue weighted by atomic mass is 9.67. The van der Waals surface area contributed by atoms with Crippen LogP contribution in [0.3, 0.4) is 0 Å². The van der Waals surface area contributed by atoms with Crippen molar-refractivity contribution in [3.8, 4) is 51.4 Å². The predicted molar refractivity (Wildman–Crippen MR) is 142 cm³/mol. The fourth-order valence-corrected chi connectivity index (χ4v) is 5.64. The number of rotatable bonds is 4. The maximum Gasteiger partial charge on any atom is 0.201 e. The third-order valence-corrected chi connectivity index (χ3v) is 7.48. The first kappa shape index (κ1) is 25.1. The number of methoxy groups -OCH3 is 3. The van der Waals surface area contributed by atoms with Crippen LogP contribution in [0.5, 0.6) is 40.2 Å². The van der Waals surface area contributed by atoms with Gasteiger partial charge in [-0.15, -0.1) is 0 Å². The summed E-state index contributed by atoms with van der Waals surface area (Å²) < 4.78 is 16.5. The summed E-state index contributed by atoms with van der Waals surface area (Å²) >= 11 is 0. The van der Waals surface area contributed by atoms with Crippen molar-refractivity contribution in [3.63, 3.8) is 0 Å². The van der Waals surface area contributed by atoms with Crippen LogP contribution in [0.2, 0.25) is 0 Å². The average molecular weight is 517 g/mol. The minimum absolute atomic E-state index is 0.0233. The summed E-state index contributed by atoms with van der Waals surface area (Å²) in [4.78, 5) is 13.8. The number of hydrogen-bond donors (Lipinski definition) is 4. The number of aromatic hydroxyl groups is 4. The third-order valence-electron chi connectivity index (χ3n) is 7.48. The molecule has 0 fully saturated rings. The van der Waals surface area contributed by atoms with E-state index in [2.05, 4.69) is 0 Å². The quantitative estimate of drug-likeness (QED) is 0.279. The average Bonchev–Trinajstić information content (AvgIpc) is 2.86. The van der Waals surface area contributed by atoms with E-state index >= 15 is 0 Å². The van der Waals surface area contributed by atoms with E-state index in [1.54, 1.807) is 25.1 Å². The highest BCUT2D eigenvalue weighted by molar-refractivity contribution is 6.20. The molecule has 8 heteroatoms. The molecule has 0 amide bonds. The molecule has 0 spiro atoms. The van der Waals surface area contributed by atoms with E-state index < -0.39 is 11.2 Å². The van der Waals surface area contributed by atoms with E-state index in [-0.39, 0.29) is 34.1 Å². The second kappa shape index (κ2) is 8.48. The van der Waals surface area contributed by atoms with Gasteiger partial charge in [0.1, 0.15) is 28.7 Å². The number of phenolic OH excluding ortho intramolecular Hbond substituents is 4. The summed E-state index contributed by atoms with van der Waals surface area (Å²) in [6.07, 6.45) is 0. The van der Waals surface area contributed by atoms with Crippen LogP contribution in [0.1, 0.15) is 46.5 Å². The van der Waals surface area contributed by atoms with Crippen LogP contribution in [0.15, 0.2) is 36.4 Å². The molecule has 38 heavy (non-hydrogen) atoms. The first-order valence-corrected chi connectivity index (χ1v) is 11.9. The van der Waals surface area contributed by atoms with Crippen molar-refractivity contribution in [2.24, 2.45) is 0 Å². The molecule has 1 aliphatic carbocycles. The third kappa shape index (κ3) is 3.33. The Kier molecular flexibility index (Phi) is 5.60. The minimum atomic E-state index is -0.856. The lowest BCUT2D eigenvalue weighted by Crippen LogP contribution is -2.30. The Morgan fingerprint density at radius 3 is 2.03 bits per heavy atom. The molecule has 0 saturated heterocycles. The lowest BCUT2D eigenvalue weighted by Gasteiger charge is -2.35. The van der Waals surface area contributed by atoms with Gasteiger partial charge >= 0.3 is 0 Å². The molecule has 0 heterocycles. The van der Waals surface area contributed by atoms with Gasteiger partial charge in [-0.1, -0.05) is 13.8 Å². The van der Waals surface area contributed by atoms with Crippen molar-refractivity contribution < 1.29 is 39.4 Å². The second-order valence-electron chi connectivity index (χ2n) is 9.89. The largest absolute Gasteiger partial charge is 0.508 e. The normalized spacial score (nSPS) is 13.7. The summed E-state index contributed by atoms with van der Waals surface area (Å²) in [7, 11) is 4.47. The standard InChI is InChI=1S/C30H28O8/c1-13-23(21(33)12-22(37-5)29(13)38-6)17-11-16(36-4)7-14-8-18-26(27(34)24(14)17)28(35)25-19(30(18,2)3)9-15(31)10-20(25)32/h7-12,31-34H,1-6H3. The van der Waals surface area contributed by atoms with Gasteiger partial charge in [-0.05, 0) is 47.7 Å². The lowest BCUT2D eigenvalue weighted by molar-refractivity contribution is 0.102. The van der Waals surface area contributed by atoms with E-state index in [4.69, 9.17) is 14.2 Å². The van der Waals surface area contributed by atoms with E-state index in [9.17, 15) is 25.2 Å². The zero-order valence-electron chi connectivity index (χ0n) is 21.9. The molecule has 0 radical (unpaired) electrons. The molecule has 0 atom stereocenters. The Bertz CT molecular complexity index is 1670. The van der Waals surface area contributed by atoms with Crippen LogP contribution in [-0.4, -0.2) is 47.5 Å². The number of carbonyl (C=O) groups excluding carboxylic acids is 1. The molecule has 8 nitrogen and oxygen atoms in total. The summed E-state index contributed by atoms with van der Waals surface area (Å²) in [5, 5.41) is 44.5. The van der Waals surface area contributed by atoms with Crippen molar-refractivity contribution in [2.75, 3.05) is 21.3 Å². The zero-order chi connectivity index (χ0) is 27.7. The maximum absolute atomic E-state index is 13.8. The molecule has 196 valence electrons. The van der Waals surface area contributed by atoms with Gasteiger partial charge in [-0.2, -0.15) is 0 Å². The van der Waals surface area contributed by atoms with Crippen molar-refractivity contribution in [2.45, 2.75) is 26.2 Å². The van der Waals surface area contributed by atoms with Crippen molar-refractivity contribution >= 4 is 16.6 Å². The highest BCUT2D eigenvalue weighted by atomic mass is 16.5.